The van der Waals surface area contributed by atoms with E-state index >= 15 is 0 Å². The van der Waals surface area contributed by atoms with E-state index in [1.165, 1.54) is 0 Å². The summed E-state index contributed by atoms with van der Waals surface area (Å²) in [4.78, 5) is 22.2. The molecule has 1 fully saturated rings. The lowest BCUT2D eigenvalue weighted by molar-refractivity contribution is -0.148. The average Bonchev–Trinajstić information content (AvgIpc) is 2.28. The molecule has 86 valence electrons. The Labute approximate surface area is 86.8 Å². The molecule has 1 rings (SSSR count). The van der Waals surface area contributed by atoms with Gasteiger partial charge in [-0.2, -0.15) is 8.78 Å². The highest BCUT2D eigenvalue weighted by Gasteiger charge is 2.42. The molecule has 3 nitrogen and oxygen atoms in total. The molecular weight excluding hydrogens is 206 g/mol. The van der Waals surface area contributed by atoms with Gasteiger partial charge in [-0.05, 0) is 19.8 Å². The summed E-state index contributed by atoms with van der Waals surface area (Å²) < 4.78 is 30.7. The van der Waals surface area contributed by atoms with Crippen LogP contribution in [-0.4, -0.2) is 24.3 Å². The van der Waals surface area contributed by atoms with Gasteiger partial charge in [-0.15, -0.1) is 0 Å². The van der Waals surface area contributed by atoms with Crippen LogP contribution >= 0.6 is 0 Å². The first-order valence-electron chi connectivity index (χ1n) is 5.05. The van der Waals surface area contributed by atoms with Crippen molar-refractivity contribution in [3.05, 3.63) is 0 Å². The largest absolute Gasteiger partial charge is 0.466 e. The maximum absolute atomic E-state index is 13.0. The van der Waals surface area contributed by atoms with Crippen LogP contribution < -0.4 is 0 Å². The van der Waals surface area contributed by atoms with Crippen LogP contribution in [0.2, 0.25) is 0 Å². The zero-order valence-electron chi connectivity index (χ0n) is 8.59. The van der Waals surface area contributed by atoms with Crippen LogP contribution in [0.15, 0.2) is 0 Å². The fraction of sp³-hybridized carbons (Fsp3) is 0.800. The van der Waals surface area contributed by atoms with E-state index in [1.54, 1.807) is 6.92 Å². The molecule has 0 aromatic heterocycles. The van der Waals surface area contributed by atoms with E-state index in [9.17, 15) is 18.4 Å². The number of carbonyl (C=O) groups is 2. The second-order valence-corrected chi connectivity index (χ2v) is 3.65. The van der Waals surface area contributed by atoms with Gasteiger partial charge in [0.25, 0.3) is 0 Å². The predicted octanol–water partition coefficient (Wildman–Crippen LogP) is 1.94. The topological polar surface area (TPSA) is 43.4 Å². The molecule has 15 heavy (non-hydrogen) atoms. The second kappa shape index (κ2) is 4.68. The fourth-order valence-corrected chi connectivity index (χ4v) is 1.62. The molecule has 0 heterocycles. The van der Waals surface area contributed by atoms with Gasteiger partial charge in [0.2, 0.25) is 5.78 Å². The first-order valence-corrected chi connectivity index (χ1v) is 5.05. The van der Waals surface area contributed by atoms with Crippen molar-refractivity contribution in [3.63, 3.8) is 0 Å². The molecule has 1 aliphatic rings. The molecule has 0 bridgehead atoms. The minimum absolute atomic E-state index is 0.0254. The van der Waals surface area contributed by atoms with Crippen molar-refractivity contribution in [2.75, 3.05) is 6.61 Å². The summed E-state index contributed by atoms with van der Waals surface area (Å²) in [6.45, 7) is 1.90. The summed E-state index contributed by atoms with van der Waals surface area (Å²) in [5.41, 5.74) is 0. The third kappa shape index (κ3) is 2.97. The fourth-order valence-electron chi connectivity index (χ4n) is 1.62. The summed E-state index contributed by atoms with van der Waals surface area (Å²) in [6, 6.07) is 0. The molecular formula is C10H14F2O3. The highest BCUT2D eigenvalue weighted by molar-refractivity contribution is 5.86. The van der Waals surface area contributed by atoms with Crippen molar-refractivity contribution >= 4 is 11.8 Å². The summed E-state index contributed by atoms with van der Waals surface area (Å²) in [7, 11) is 0. The Morgan fingerprint density at radius 1 is 1.53 bits per heavy atom. The third-order valence-corrected chi connectivity index (χ3v) is 2.55. The maximum atomic E-state index is 13.0. The maximum Gasteiger partial charge on any atom is 0.308 e. The van der Waals surface area contributed by atoms with E-state index in [2.05, 4.69) is 0 Å². The zero-order chi connectivity index (χ0) is 11.5. The number of hydrogen-bond acceptors (Lipinski definition) is 3. The average molecular weight is 220 g/mol. The van der Waals surface area contributed by atoms with Gasteiger partial charge >= 0.3 is 11.9 Å². The number of rotatable bonds is 2. The third-order valence-electron chi connectivity index (χ3n) is 2.55. The van der Waals surface area contributed by atoms with Crippen molar-refractivity contribution in [1.29, 1.82) is 0 Å². The molecule has 1 unspecified atom stereocenters. The molecule has 1 atom stereocenters. The zero-order valence-corrected chi connectivity index (χ0v) is 8.59. The Kier molecular flexibility index (Phi) is 3.77. The van der Waals surface area contributed by atoms with Crippen LogP contribution in [0, 0.1) is 5.92 Å². The summed E-state index contributed by atoms with van der Waals surface area (Å²) in [5.74, 6) is -5.35. The van der Waals surface area contributed by atoms with Crippen LogP contribution in [0.4, 0.5) is 8.78 Å². The monoisotopic (exact) mass is 220 g/mol. The van der Waals surface area contributed by atoms with Crippen LogP contribution in [0.1, 0.15) is 32.6 Å². The van der Waals surface area contributed by atoms with Gasteiger partial charge in [-0.1, -0.05) is 0 Å². The van der Waals surface area contributed by atoms with E-state index < -0.39 is 30.0 Å². The molecule has 0 amide bonds. The normalized spacial score (nSPS) is 25.8. The number of alkyl halides is 2. The van der Waals surface area contributed by atoms with Crippen LogP contribution in [0.25, 0.3) is 0 Å². The highest BCUT2D eigenvalue weighted by Crippen LogP contribution is 2.32. The predicted molar refractivity (Wildman–Crippen MR) is 48.5 cm³/mol. The molecule has 0 spiro atoms. The Bertz CT molecular complexity index is 263. The smallest absolute Gasteiger partial charge is 0.308 e. The van der Waals surface area contributed by atoms with Gasteiger partial charge < -0.3 is 4.74 Å². The number of carbonyl (C=O) groups excluding carboxylic acids is 2. The Balaban J connectivity index is 2.60. The summed E-state index contributed by atoms with van der Waals surface area (Å²) in [6.07, 6.45) is -0.587. The molecule has 0 aliphatic heterocycles. The number of ether oxygens (including phenoxy) is 1. The summed E-state index contributed by atoms with van der Waals surface area (Å²) in [5, 5.41) is 0. The molecule has 1 saturated carbocycles. The number of esters is 1. The highest BCUT2D eigenvalue weighted by atomic mass is 19.3. The number of hydrogen-bond donors (Lipinski definition) is 0. The van der Waals surface area contributed by atoms with E-state index in [0.29, 0.717) is 0 Å². The van der Waals surface area contributed by atoms with Crippen LogP contribution in [0.3, 0.4) is 0 Å². The Morgan fingerprint density at radius 2 is 2.20 bits per heavy atom. The van der Waals surface area contributed by atoms with Gasteiger partial charge in [0, 0.05) is 12.8 Å². The number of halogens is 2. The minimum Gasteiger partial charge on any atom is -0.466 e. The molecule has 0 aromatic rings. The van der Waals surface area contributed by atoms with Crippen molar-refractivity contribution in [3.8, 4) is 0 Å². The molecule has 0 aromatic carbocycles. The first kappa shape index (κ1) is 12.1. The van der Waals surface area contributed by atoms with Gasteiger partial charge in [0.05, 0.1) is 12.5 Å². The van der Waals surface area contributed by atoms with Crippen molar-refractivity contribution < 1.29 is 23.1 Å². The molecule has 0 N–H and O–H groups in total. The van der Waals surface area contributed by atoms with Crippen molar-refractivity contribution in [1.82, 2.24) is 0 Å². The number of Topliss-reactive ketones (excluding diaryl/α,β-unsaturated/α-hetero) is 1. The Hall–Kier alpha value is -1.00. The standard InChI is InChI=1S/C10H14F2O3/c1-2-15-9(14)7-3-4-8(13)10(11,12)6-5-7/h7H,2-6H2,1H3. The van der Waals surface area contributed by atoms with E-state index in [1.807, 2.05) is 0 Å². The summed E-state index contributed by atoms with van der Waals surface area (Å²) >= 11 is 0. The Morgan fingerprint density at radius 3 is 2.80 bits per heavy atom. The molecule has 0 saturated heterocycles. The molecule has 0 radical (unpaired) electrons. The van der Waals surface area contributed by atoms with Crippen LogP contribution in [-0.2, 0) is 14.3 Å². The van der Waals surface area contributed by atoms with Crippen LogP contribution in [0.5, 0.6) is 0 Å². The lowest BCUT2D eigenvalue weighted by Crippen LogP contribution is -2.26. The van der Waals surface area contributed by atoms with E-state index in [0.717, 1.165) is 0 Å². The van der Waals surface area contributed by atoms with Gasteiger partial charge in [0.15, 0.2) is 0 Å². The first-order chi connectivity index (χ1) is 6.97. The van der Waals surface area contributed by atoms with Crippen molar-refractivity contribution in [2.45, 2.75) is 38.5 Å². The van der Waals surface area contributed by atoms with Gasteiger partial charge in [0.1, 0.15) is 0 Å². The van der Waals surface area contributed by atoms with Gasteiger partial charge in [-0.3, -0.25) is 9.59 Å². The molecule has 1 aliphatic carbocycles. The van der Waals surface area contributed by atoms with E-state index in [-0.39, 0.29) is 25.9 Å². The van der Waals surface area contributed by atoms with Crippen molar-refractivity contribution in [2.24, 2.45) is 5.92 Å². The lowest BCUT2D eigenvalue weighted by Gasteiger charge is -2.12. The second-order valence-electron chi connectivity index (χ2n) is 3.65. The minimum atomic E-state index is -3.26. The van der Waals surface area contributed by atoms with E-state index in [4.69, 9.17) is 4.74 Å². The SMILES string of the molecule is CCOC(=O)C1CCC(=O)C(F)(F)CC1. The van der Waals surface area contributed by atoms with Gasteiger partial charge in [-0.25, -0.2) is 0 Å². The quantitative estimate of drug-likeness (QED) is 0.527. The number of ketones is 1. The lowest BCUT2D eigenvalue weighted by atomic mass is 10.0. The molecule has 5 heteroatoms.